The van der Waals surface area contributed by atoms with Gasteiger partial charge in [0.2, 0.25) is 0 Å². The molecule has 0 atom stereocenters. The number of benzene rings is 2. The molecule has 1 aliphatic rings. The zero-order valence-corrected chi connectivity index (χ0v) is 9.85. The van der Waals surface area contributed by atoms with Crippen LogP contribution in [0.2, 0.25) is 0 Å². The molecule has 0 fully saturated rings. The summed E-state index contributed by atoms with van der Waals surface area (Å²) in [4.78, 5) is 0. The second-order valence-corrected chi connectivity index (χ2v) is 4.38. The summed E-state index contributed by atoms with van der Waals surface area (Å²) < 4.78 is 0. The summed E-state index contributed by atoms with van der Waals surface area (Å²) in [5.41, 5.74) is 11.8. The molecular formula is C16H12N2. The highest BCUT2D eigenvalue weighted by molar-refractivity contribution is 5.86. The maximum absolute atomic E-state index is 9.25. The Hall–Kier alpha value is -2.53. The first-order chi connectivity index (χ1) is 8.81. The van der Waals surface area contributed by atoms with E-state index in [1.165, 1.54) is 5.56 Å². The Bertz CT molecular complexity index is 690. The maximum atomic E-state index is 9.25. The molecule has 18 heavy (non-hydrogen) atoms. The third kappa shape index (κ3) is 1.49. The predicted octanol–water partition coefficient (Wildman–Crippen LogP) is 3.10. The van der Waals surface area contributed by atoms with Crippen molar-refractivity contribution in [2.24, 2.45) is 5.73 Å². The molecule has 0 aliphatic heterocycles. The van der Waals surface area contributed by atoms with Gasteiger partial charge < -0.3 is 5.73 Å². The number of allylic oxidation sites excluding steroid dienone is 1. The number of fused-ring (bicyclic) bond motifs is 3. The molecule has 0 heterocycles. The van der Waals surface area contributed by atoms with Crippen LogP contribution >= 0.6 is 0 Å². The quantitative estimate of drug-likeness (QED) is 0.758. The van der Waals surface area contributed by atoms with Gasteiger partial charge in [0.15, 0.2) is 0 Å². The highest BCUT2D eigenvalue weighted by Gasteiger charge is 2.18. The highest BCUT2D eigenvalue weighted by Crippen LogP contribution is 2.35. The summed E-state index contributed by atoms with van der Waals surface area (Å²) in [7, 11) is 0. The number of rotatable bonds is 0. The first kappa shape index (κ1) is 10.6. The van der Waals surface area contributed by atoms with Gasteiger partial charge in [-0.1, -0.05) is 48.5 Å². The Labute approximate surface area is 106 Å². The molecule has 2 heteroatoms. The molecule has 0 radical (unpaired) electrons. The lowest BCUT2D eigenvalue weighted by molar-refractivity contribution is 1.20. The van der Waals surface area contributed by atoms with E-state index in [0.29, 0.717) is 17.7 Å². The van der Waals surface area contributed by atoms with E-state index in [-0.39, 0.29) is 0 Å². The molecule has 0 amide bonds. The van der Waals surface area contributed by atoms with Gasteiger partial charge in [-0.05, 0) is 16.7 Å². The van der Waals surface area contributed by atoms with Gasteiger partial charge in [0.1, 0.15) is 0 Å². The van der Waals surface area contributed by atoms with Gasteiger partial charge in [0.05, 0.1) is 17.3 Å². The van der Waals surface area contributed by atoms with Crippen molar-refractivity contribution in [3.05, 3.63) is 65.2 Å². The van der Waals surface area contributed by atoms with Crippen LogP contribution in [0, 0.1) is 11.3 Å². The summed E-state index contributed by atoms with van der Waals surface area (Å²) in [5, 5.41) is 9.25. The van der Waals surface area contributed by atoms with E-state index in [1.54, 1.807) is 0 Å². The predicted molar refractivity (Wildman–Crippen MR) is 72.3 cm³/mol. The van der Waals surface area contributed by atoms with Crippen LogP contribution in [0.25, 0.3) is 16.8 Å². The second kappa shape index (κ2) is 4.05. The summed E-state index contributed by atoms with van der Waals surface area (Å²) in [6, 6.07) is 18.4. The van der Waals surface area contributed by atoms with Crippen LogP contribution in [-0.4, -0.2) is 0 Å². The number of nitrogens with two attached hydrogens (primary N) is 1. The lowest BCUT2D eigenvalue weighted by atomic mass is 9.96. The first-order valence-corrected chi connectivity index (χ1v) is 5.87. The van der Waals surface area contributed by atoms with Gasteiger partial charge in [0.25, 0.3) is 0 Å². The minimum atomic E-state index is 0.601. The van der Waals surface area contributed by atoms with Crippen LogP contribution in [0.3, 0.4) is 0 Å². The summed E-state index contributed by atoms with van der Waals surface area (Å²) in [6.45, 7) is 0. The maximum Gasteiger partial charge on any atom is 0.0972 e. The number of hydrogen-bond donors (Lipinski definition) is 1. The fourth-order valence-electron chi connectivity index (χ4n) is 2.44. The molecule has 2 nitrogen and oxygen atoms in total. The van der Waals surface area contributed by atoms with Gasteiger partial charge in [-0.15, -0.1) is 0 Å². The van der Waals surface area contributed by atoms with Gasteiger partial charge in [-0.3, -0.25) is 0 Å². The highest BCUT2D eigenvalue weighted by atomic mass is 14.6. The van der Waals surface area contributed by atoms with E-state index in [4.69, 9.17) is 5.73 Å². The summed E-state index contributed by atoms with van der Waals surface area (Å²) in [6.07, 6.45) is 0.604. The lowest BCUT2D eigenvalue weighted by Gasteiger charge is -2.09. The van der Waals surface area contributed by atoms with Crippen molar-refractivity contribution in [3.63, 3.8) is 0 Å². The minimum absolute atomic E-state index is 0.601. The van der Waals surface area contributed by atoms with Crippen molar-refractivity contribution < 1.29 is 0 Å². The van der Waals surface area contributed by atoms with Crippen LogP contribution in [0.1, 0.15) is 11.1 Å². The van der Waals surface area contributed by atoms with Crippen LogP contribution in [0.15, 0.2) is 54.1 Å². The SMILES string of the molecule is N#CC1=C(N)c2ccccc2-c2ccccc2C1. The van der Waals surface area contributed by atoms with Crippen molar-refractivity contribution in [3.8, 4) is 17.2 Å². The van der Waals surface area contributed by atoms with Crippen molar-refractivity contribution in [1.29, 1.82) is 5.26 Å². The normalized spacial score (nSPS) is 13.3. The molecule has 0 aromatic heterocycles. The smallest absolute Gasteiger partial charge is 0.0972 e. The van der Waals surface area contributed by atoms with E-state index in [9.17, 15) is 5.26 Å². The third-order valence-electron chi connectivity index (χ3n) is 3.35. The average Bonchev–Trinajstić information content (AvgIpc) is 2.55. The fourth-order valence-corrected chi connectivity index (χ4v) is 2.44. The minimum Gasteiger partial charge on any atom is -0.397 e. The van der Waals surface area contributed by atoms with Gasteiger partial charge in [0, 0.05) is 12.0 Å². The molecule has 2 aromatic rings. The fraction of sp³-hybridized carbons (Fsp3) is 0.0625. The Morgan fingerprint density at radius 1 is 0.889 bits per heavy atom. The summed E-state index contributed by atoms with van der Waals surface area (Å²) in [5.74, 6) is 0. The molecule has 2 aromatic carbocycles. The van der Waals surface area contributed by atoms with E-state index in [0.717, 1.165) is 16.7 Å². The molecule has 0 saturated heterocycles. The zero-order chi connectivity index (χ0) is 12.5. The monoisotopic (exact) mass is 232 g/mol. The van der Waals surface area contributed by atoms with Gasteiger partial charge in [-0.25, -0.2) is 0 Å². The lowest BCUT2D eigenvalue weighted by Crippen LogP contribution is -2.01. The van der Waals surface area contributed by atoms with E-state index >= 15 is 0 Å². The molecule has 0 spiro atoms. The third-order valence-corrected chi connectivity index (χ3v) is 3.35. The van der Waals surface area contributed by atoms with Crippen LogP contribution in [0.5, 0.6) is 0 Å². The molecule has 1 aliphatic carbocycles. The van der Waals surface area contributed by atoms with Crippen LogP contribution < -0.4 is 5.73 Å². The standard InChI is InChI=1S/C16H12N2/c17-10-12-9-11-5-1-2-6-13(11)14-7-3-4-8-15(14)16(12)18/h1-8H,9,18H2. The Morgan fingerprint density at radius 2 is 1.50 bits per heavy atom. The van der Waals surface area contributed by atoms with E-state index in [1.807, 2.05) is 30.3 Å². The van der Waals surface area contributed by atoms with E-state index in [2.05, 4.69) is 24.3 Å². The second-order valence-electron chi connectivity index (χ2n) is 4.38. The number of hydrogen-bond acceptors (Lipinski definition) is 2. The molecule has 2 N–H and O–H groups in total. The van der Waals surface area contributed by atoms with E-state index < -0.39 is 0 Å². The first-order valence-electron chi connectivity index (χ1n) is 5.87. The Balaban J connectivity index is 2.39. The molecule has 0 saturated carbocycles. The van der Waals surface area contributed by atoms with Gasteiger partial charge in [-0.2, -0.15) is 5.26 Å². The van der Waals surface area contributed by atoms with Crippen molar-refractivity contribution >= 4 is 5.70 Å². The Kier molecular flexibility index (Phi) is 2.39. The topological polar surface area (TPSA) is 49.8 Å². The van der Waals surface area contributed by atoms with Crippen molar-refractivity contribution in [2.45, 2.75) is 6.42 Å². The molecule has 0 bridgehead atoms. The van der Waals surface area contributed by atoms with Crippen LogP contribution in [0.4, 0.5) is 0 Å². The molecule has 0 unspecified atom stereocenters. The zero-order valence-electron chi connectivity index (χ0n) is 9.85. The van der Waals surface area contributed by atoms with Gasteiger partial charge >= 0.3 is 0 Å². The number of nitriles is 1. The van der Waals surface area contributed by atoms with Crippen LogP contribution in [-0.2, 0) is 6.42 Å². The molecule has 3 rings (SSSR count). The van der Waals surface area contributed by atoms with Crippen molar-refractivity contribution in [2.75, 3.05) is 0 Å². The summed E-state index contributed by atoms with van der Waals surface area (Å²) >= 11 is 0. The molecular weight excluding hydrogens is 220 g/mol. The molecule has 86 valence electrons. The van der Waals surface area contributed by atoms with Crippen molar-refractivity contribution in [1.82, 2.24) is 0 Å². The average molecular weight is 232 g/mol. The number of nitrogens with zero attached hydrogens (tertiary/aromatic N) is 1. The Morgan fingerprint density at radius 3 is 2.22 bits per heavy atom. The largest absolute Gasteiger partial charge is 0.397 e.